The lowest BCUT2D eigenvalue weighted by Gasteiger charge is -2.42. The van der Waals surface area contributed by atoms with E-state index in [0.29, 0.717) is 44.6 Å². The second-order valence-corrected chi connectivity index (χ2v) is 6.99. The number of anilines is 1. The van der Waals surface area contributed by atoms with Gasteiger partial charge < -0.3 is 19.6 Å². The van der Waals surface area contributed by atoms with Gasteiger partial charge in [-0.05, 0) is 43.5 Å². The first-order valence-corrected chi connectivity index (χ1v) is 8.57. The van der Waals surface area contributed by atoms with Crippen molar-refractivity contribution in [2.45, 2.75) is 31.7 Å². The van der Waals surface area contributed by atoms with Gasteiger partial charge >= 0.3 is 12.5 Å². The number of carbonyl (C=O) groups is 2. The summed E-state index contributed by atoms with van der Waals surface area (Å²) in [7, 11) is 0. The van der Waals surface area contributed by atoms with Crippen LogP contribution in [0, 0.1) is 12.3 Å². The molecule has 0 saturated carbocycles. The number of hydrogen-bond donors (Lipinski definition) is 1. The van der Waals surface area contributed by atoms with E-state index in [4.69, 9.17) is 5.11 Å². The fraction of sp³-hybridized carbons (Fsp3) is 0.500. The minimum Gasteiger partial charge on any atom is -0.465 e. The molecule has 9 heteroatoms. The molecule has 1 radical (unpaired) electrons. The number of ketones is 1. The van der Waals surface area contributed by atoms with Crippen LogP contribution in [0.4, 0.5) is 23.7 Å². The summed E-state index contributed by atoms with van der Waals surface area (Å²) in [6, 6.07) is 4.88. The number of amides is 1. The van der Waals surface area contributed by atoms with Crippen molar-refractivity contribution in [3.8, 4) is 5.75 Å². The minimum atomic E-state index is -4.76. The maximum atomic E-state index is 12.3. The summed E-state index contributed by atoms with van der Waals surface area (Å²) in [6.07, 6.45) is -3.93. The smallest absolute Gasteiger partial charge is 0.465 e. The molecule has 2 heterocycles. The largest absolute Gasteiger partial charge is 0.573 e. The van der Waals surface area contributed by atoms with Gasteiger partial charge in [0.15, 0.2) is 5.78 Å². The Labute approximate surface area is 154 Å². The third kappa shape index (κ3) is 3.96. The van der Waals surface area contributed by atoms with Gasteiger partial charge in [-0.2, -0.15) is 0 Å². The lowest BCUT2D eigenvalue weighted by Crippen LogP contribution is -2.51. The van der Waals surface area contributed by atoms with Crippen LogP contribution >= 0.6 is 0 Å². The van der Waals surface area contributed by atoms with Gasteiger partial charge in [-0.1, -0.05) is 0 Å². The molecule has 2 aliphatic rings. The average molecular weight is 385 g/mol. The summed E-state index contributed by atoms with van der Waals surface area (Å²) in [4.78, 5) is 26.6. The number of likely N-dealkylation sites (tertiary alicyclic amines) is 1. The van der Waals surface area contributed by atoms with Crippen molar-refractivity contribution >= 4 is 17.6 Å². The van der Waals surface area contributed by atoms with E-state index in [9.17, 15) is 22.8 Å². The highest BCUT2D eigenvalue weighted by Crippen LogP contribution is 2.47. The Hall–Kier alpha value is -2.45. The molecule has 1 unspecified atom stereocenters. The van der Waals surface area contributed by atoms with Crippen LogP contribution in [-0.2, 0) is 4.79 Å². The Balaban J connectivity index is 1.79. The zero-order chi connectivity index (χ0) is 19.8. The third-order valence-corrected chi connectivity index (χ3v) is 5.48. The summed E-state index contributed by atoms with van der Waals surface area (Å²) in [5.41, 5.74) is 0.246. The number of ether oxygens (including phenoxy) is 1. The first kappa shape index (κ1) is 19.3. The highest BCUT2D eigenvalue weighted by atomic mass is 19.4. The van der Waals surface area contributed by atoms with Crippen LogP contribution in [0.2, 0.25) is 0 Å². The Kier molecular flexibility index (Phi) is 4.96. The van der Waals surface area contributed by atoms with Crippen LogP contribution in [0.25, 0.3) is 0 Å². The molecule has 1 amide bonds. The van der Waals surface area contributed by atoms with E-state index in [0.717, 1.165) is 0 Å². The van der Waals surface area contributed by atoms with Crippen molar-refractivity contribution < 1.29 is 32.6 Å². The van der Waals surface area contributed by atoms with Crippen LogP contribution in [0.3, 0.4) is 0 Å². The molecule has 0 aromatic heterocycles. The normalized spacial score (nSPS) is 22.1. The quantitative estimate of drug-likeness (QED) is 0.864. The highest BCUT2D eigenvalue weighted by Gasteiger charge is 2.51. The molecule has 0 bridgehead atoms. The molecule has 1 N–H and O–H groups in total. The van der Waals surface area contributed by atoms with Gasteiger partial charge in [-0.3, -0.25) is 4.79 Å². The summed E-state index contributed by atoms with van der Waals surface area (Å²) >= 11 is 0. The Morgan fingerprint density at radius 1 is 1.11 bits per heavy atom. The van der Waals surface area contributed by atoms with E-state index in [-0.39, 0.29) is 16.9 Å². The number of hydrogen-bond acceptors (Lipinski definition) is 4. The van der Waals surface area contributed by atoms with Crippen molar-refractivity contribution in [2.75, 3.05) is 24.5 Å². The molecule has 6 nitrogen and oxygen atoms in total. The van der Waals surface area contributed by atoms with Crippen molar-refractivity contribution in [3.63, 3.8) is 0 Å². The molecule has 2 fully saturated rings. The van der Waals surface area contributed by atoms with Gasteiger partial charge in [0.25, 0.3) is 0 Å². The summed E-state index contributed by atoms with van der Waals surface area (Å²) in [5.74, 6) is -0.598. The predicted octanol–water partition coefficient (Wildman–Crippen LogP) is 3.33. The molecule has 2 aliphatic heterocycles. The number of piperidine rings is 1. The predicted molar refractivity (Wildman–Crippen MR) is 90.5 cm³/mol. The highest BCUT2D eigenvalue weighted by molar-refractivity contribution is 5.92. The van der Waals surface area contributed by atoms with E-state index in [1.165, 1.54) is 29.2 Å². The molecule has 1 spiro atoms. The van der Waals surface area contributed by atoms with E-state index in [1.807, 2.05) is 4.90 Å². The van der Waals surface area contributed by atoms with Gasteiger partial charge in [-0.25, -0.2) is 4.79 Å². The number of halogens is 3. The second-order valence-electron chi connectivity index (χ2n) is 6.99. The Morgan fingerprint density at radius 2 is 1.67 bits per heavy atom. The zero-order valence-corrected chi connectivity index (χ0v) is 14.5. The first-order chi connectivity index (χ1) is 12.6. The monoisotopic (exact) mass is 385 g/mol. The van der Waals surface area contributed by atoms with Gasteiger partial charge in [0.1, 0.15) is 5.75 Å². The fourth-order valence-corrected chi connectivity index (χ4v) is 4.24. The number of nitrogens with zero attached hydrogens (tertiary/aromatic N) is 2. The molecule has 1 atom stereocenters. The Morgan fingerprint density at radius 3 is 2.15 bits per heavy atom. The topological polar surface area (TPSA) is 70.1 Å². The minimum absolute atomic E-state index is 0.271. The number of carboxylic acid groups (broad SMARTS) is 1. The SMILES string of the molecule is [CH2]C(=O)C1N(c2ccc(OC(F)(F)F)cc2)CCC12CCN(C(=O)O)CC2. The first-order valence-electron chi connectivity index (χ1n) is 8.57. The van der Waals surface area contributed by atoms with Crippen molar-refractivity contribution in [1.82, 2.24) is 4.90 Å². The third-order valence-electron chi connectivity index (χ3n) is 5.48. The van der Waals surface area contributed by atoms with Crippen LogP contribution in [0.5, 0.6) is 5.75 Å². The van der Waals surface area contributed by atoms with Crippen LogP contribution < -0.4 is 9.64 Å². The van der Waals surface area contributed by atoms with Crippen LogP contribution in [0.15, 0.2) is 24.3 Å². The van der Waals surface area contributed by atoms with Crippen molar-refractivity contribution in [2.24, 2.45) is 5.41 Å². The molecule has 0 aliphatic carbocycles. The average Bonchev–Trinajstić information content (AvgIpc) is 2.93. The van der Waals surface area contributed by atoms with Gasteiger partial charge in [0.05, 0.1) is 6.04 Å². The van der Waals surface area contributed by atoms with E-state index in [2.05, 4.69) is 11.7 Å². The van der Waals surface area contributed by atoms with Crippen molar-refractivity contribution in [3.05, 3.63) is 31.2 Å². The number of benzene rings is 1. The molecule has 1 aromatic carbocycles. The van der Waals surface area contributed by atoms with Gasteiger partial charge in [0, 0.05) is 37.7 Å². The Bertz CT molecular complexity index is 712. The van der Waals surface area contributed by atoms with E-state index < -0.39 is 18.5 Å². The molecule has 147 valence electrons. The van der Waals surface area contributed by atoms with Crippen LogP contribution in [-0.4, -0.2) is 53.9 Å². The molecule has 27 heavy (non-hydrogen) atoms. The zero-order valence-electron chi connectivity index (χ0n) is 14.5. The molecule has 1 aromatic rings. The number of Topliss-reactive ketones (excluding diaryl/α,β-unsaturated/α-hetero) is 1. The molecular weight excluding hydrogens is 365 g/mol. The van der Waals surface area contributed by atoms with Gasteiger partial charge in [0.2, 0.25) is 0 Å². The maximum Gasteiger partial charge on any atom is 0.573 e. The molecular formula is C18H20F3N2O4. The lowest BCUT2D eigenvalue weighted by molar-refractivity contribution is -0.274. The summed E-state index contributed by atoms with van der Waals surface area (Å²) in [5, 5.41) is 9.13. The van der Waals surface area contributed by atoms with E-state index in [1.54, 1.807) is 0 Å². The number of rotatable bonds is 3. The van der Waals surface area contributed by atoms with Crippen molar-refractivity contribution in [1.29, 1.82) is 0 Å². The van der Waals surface area contributed by atoms with Gasteiger partial charge in [-0.15, -0.1) is 13.2 Å². The second kappa shape index (κ2) is 6.94. The summed E-state index contributed by atoms with van der Waals surface area (Å²) in [6.45, 7) is 4.84. The lowest BCUT2D eigenvalue weighted by atomic mass is 9.71. The number of alkyl halides is 3. The number of carbonyl (C=O) groups excluding carboxylic acids is 1. The standard InChI is InChI=1S/C18H20F3N2O4/c1-12(24)15-17(6-9-22(10-7-17)16(25)26)8-11-23(15)13-2-4-14(5-3-13)27-18(19,20)21/h2-5,15H,1,6-11H2,(H,25,26). The molecule has 2 saturated heterocycles. The summed E-state index contributed by atoms with van der Waals surface area (Å²) < 4.78 is 40.8. The maximum absolute atomic E-state index is 12.3. The fourth-order valence-electron chi connectivity index (χ4n) is 4.24. The van der Waals surface area contributed by atoms with E-state index >= 15 is 0 Å². The molecule has 3 rings (SSSR count). The van der Waals surface area contributed by atoms with Crippen LogP contribution in [0.1, 0.15) is 19.3 Å².